The maximum absolute atomic E-state index is 12.5. The molecule has 0 aliphatic carbocycles. The van der Waals surface area contributed by atoms with Crippen LogP contribution in [0.25, 0.3) is 0 Å². The van der Waals surface area contributed by atoms with Crippen LogP contribution in [0.2, 0.25) is 0 Å². The van der Waals surface area contributed by atoms with Crippen molar-refractivity contribution in [2.45, 2.75) is 37.8 Å². The Morgan fingerprint density at radius 3 is 2.59 bits per heavy atom. The number of piperidine rings is 1. The van der Waals surface area contributed by atoms with Gasteiger partial charge in [0.15, 0.2) is 5.11 Å². The minimum Gasteiger partial charge on any atom is -0.497 e. The lowest BCUT2D eigenvalue weighted by atomic mass is 9.99. The highest BCUT2D eigenvalue weighted by atomic mass is 32.1. The molecule has 1 N–H and O–H groups in total. The first-order valence-corrected chi connectivity index (χ1v) is 12.2. The van der Waals surface area contributed by atoms with Crippen molar-refractivity contribution in [3.8, 4) is 11.5 Å². The predicted molar refractivity (Wildman–Crippen MR) is 136 cm³/mol. The Morgan fingerprint density at radius 1 is 1.12 bits per heavy atom. The summed E-state index contributed by atoms with van der Waals surface area (Å²) in [5.74, 6) is 1.66. The fourth-order valence-electron chi connectivity index (χ4n) is 4.80. The maximum atomic E-state index is 12.5. The summed E-state index contributed by atoms with van der Waals surface area (Å²) in [6.07, 6.45) is 3.17. The van der Waals surface area contributed by atoms with Crippen molar-refractivity contribution in [1.29, 1.82) is 0 Å². The highest BCUT2D eigenvalue weighted by molar-refractivity contribution is 7.80. The smallest absolute Gasteiger partial charge is 0.410 e. The van der Waals surface area contributed by atoms with E-state index in [0.29, 0.717) is 13.2 Å². The topological polar surface area (TPSA) is 63.3 Å². The second-order valence-corrected chi connectivity index (χ2v) is 9.09. The molecular formula is C26H33N3O4S. The van der Waals surface area contributed by atoms with Crippen molar-refractivity contribution < 1.29 is 19.0 Å². The van der Waals surface area contributed by atoms with E-state index in [4.69, 9.17) is 26.4 Å². The van der Waals surface area contributed by atoms with E-state index in [-0.39, 0.29) is 18.2 Å². The van der Waals surface area contributed by atoms with Gasteiger partial charge < -0.3 is 24.4 Å². The Morgan fingerprint density at radius 2 is 1.88 bits per heavy atom. The van der Waals surface area contributed by atoms with Gasteiger partial charge in [0.05, 0.1) is 20.3 Å². The molecule has 2 heterocycles. The molecular weight excluding hydrogens is 450 g/mol. The Hall–Kier alpha value is -3.00. The van der Waals surface area contributed by atoms with Crippen molar-refractivity contribution in [2.24, 2.45) is 0 Å². The molecule has 0 saturated carbocycles. The molecule has 2 aromatic rings. The van der Waals surface area contributed by atoms with E-state index in [1.165, 1.54) is 5.56 Å². The summed E-state index contributed by atoms with van der Waals surface area (Å²) in [5.41, 5.74) is 2.30. The normalized spacial score (nSPS) is 18.5. The second kappa shape index (κ2) is 11.4. The number of hydrogen-bond acceptors (Lipinski definition) is 5. The predicted octanol–water partition coefficient (Wildman–Crippen LogP) is 3.65. The van der Waals surface area contributed by atoms with Crippen LogP contribution in [0.15, 0.2) is 48.5 Å². The third kappa shape index (κ3) is 5.73. The summed E-state index contributed by atoms with van der Waals surface area (Å²) in [7, 11) is 3.34. The molecule has 1 amide bonds. The van der Waals surface area contributed by atoms with Gasteiger partial charge in [0, 0.05) is 25.7 Å². The van der Waals surface area contributed by atoms with Crippen LogP contribution >= 0.6 is 12.2 Å². The third-order valence-electron chi connectivity index (χ3n) is 6.62. The van der Waals surface area contributed by atoms with Gasteiger partial charge in [0.1, 0.15) is 18.1 Å². The highest BCUT2D eigenvalue weighted by Crippen LogP contribution is 2.26. The minimum atomic E-state index is -0.188. The summed E-state index contributed by atoms with van der Waals surface area (Å²) in [6.45, 7) is 2.81. The molecule has 2 aliphatic heterocycles. The van der Waals surface area contributed by atoms with E-state index < -0.39 is 0 Å². The van der Waals surface area contributed by atoms with E-state index >= 15 is 0 Å². The van der Waals surface area contributed by atoms with E-state index in [0.717, 1.165) is 60.9 Å². The van der Waals surface area contributed by atoms with E-state index in [1.807, 2.05) is 41.3 Å². The summed E-state index contributed by atoms with van der Waals surface area (Å²) < 4.78 is 16.2. The Balaban J connectivity index is 1.26. The number of nitrogens with one attached hydrogen (secondary N) is 1. The molecule has 4 rings (SSSR count). The van der Waals surface area contributed by atoms with Gasteiger partial charge in [0.25, 0.3) is 0 Å². The number of carbonyl (C=O) groups is 1. The van der Waals surface area contributed by atoms with Crippen LogP contribution in [-0.2, 0) is 17.6 Å². The van der Waals surface area contributed by atoms with Crippen molar-refractivity contribution in [2.75, 3.05) is 40.5 Å². The lowest BCUT2D eigenvalue weighted by molar-refractivity contribution is 0.123. The molecule has 0 spiro atoms. The number of cyclic esters (lactones) is 1. The number of thiocarbonyl (C=S) groups is 1. The zero-order valence-electron chi connectivity index (χ0n) is 19.9. The standard InChI is InChI=1S/C26H33N3O4S/c1-31-23-8-9-24(32-2)20(17-23)10-13-27-25(34)28-14-11-21(12-15-28)29-22(18-33-26(29)30)16-19-6-4-3-5-7-19/h3-9,17,21-22H,10-16,18H2,1-2H3,(H,27,34). The number of methoxy groups -OCH3 is 2. The summed E-state index contributed by atoms with van der Waals surface area (Å²) in [4.78, 5) is 16.7. The zero-order chi connectivity index (χ0) is 23.9. The third-order valence-corrected chi connectivity index (χ3v) is 7.02. The van der Waals surface area contributed by atoms with Crippen LogP contribution in [0.3, 0.4) is 0 Å². The molecule has 7 nitrogen and oxygen atoms in total. The van der Waals surface area contributed by atoms with Crippen LogP contribution in [0.5, 0.6) is 11.5 Å². The van der Waals surface area contributed by atoms with E-state index in [9.17, 15) is 4.79 Å². The molecule has 0 radical (unpaired) electrons. The number of nitrogens with zero attached hydrogens (tertiary/aromatic N) is 2. The van der Waals surface area contributed by atoms with Crippen LogP contribution in [-0.4, -0.2) is 73.5 Å². The SMILES string of the molecule is COc1ccc(OC)c(CCNC(=S)N2CCC(N3C(=O)OCC3Cc3ccccc3)CC2)c1. The molecule has 2 aliphatic rings. The number of hydrogen-bond donors (Lipinski definition) is 1. The number of rotatable bonds is 8. The Kier molecular flexibility index (Phi) is 8.11. The van der Waals surface area contributed by atoms with Crippen molar-refractivity contribution >= 4 is 23.4 Å². The fraction of sp³-hybridized carbons (Fsp3) is 0.462. The first-order valence-electron chi connectivity index (χ1n) is 11.8. The van der Waals surface area contributed by atoms with Crippen LogP contribution in [0.1, 0.15) is 24.0 Å². The minimum absolute atomic E-state index is 0.0920. The highest BCUT2D eigenvalue weighted by Gasteiger charge is 2.39. The maximum Gasteiger partial charge on any atom is 0.410 e. The van der Waals surface area contributed by atoms with Gasteiger partial charge >= 0.3 is 6.09 Å². The first kappa shape index (κ1) is 24.1. The van der Waals surface area contributed by atoms with Crippen LogP contribution < -0.4 is 14.8 Å². The molecule has 182 valence electrons. The molecule has 2 fully saturated rings. The van der Waals surface area contributed by atoms with Gasteiger partial charge in [-0.1, -0.05) is 30.3 Å². The molecule has 2 saturated heterocycles. The van der Waals surface area contributed by atoms with Crippen LogP contribution in [0.4, 0.5) is 4.79 Å². The summed E-state index contributed by atoms with van der Waals surface area (Å²) in [5, 5.41) is 4.13. The Bertz CT molecular complexity index is 979. The van der Waals surface area contributed by atoms with Gasteiger partial charge in [-0.05, 0) is 67.2 Å². The molecule has 1 unspecified atom stereocenters. The summed E-state index contributed by atoms with van der Waals surface area (Å²) in [6, 6.07) is 16.4. The molecule has 1 atom stereocenters. The first-order chi connectivity index (χ1) is 16.6. The number of benzene rings is 2. The van der Waals surface area contributed by atoms with Gasteiger partial charge in [-0.15, -0.1) is 0 Å². The van der Waals surface area contributed by atoms with E-state index in [2.05, 4.69) is 22.3 Å². The molecule has 0 bridgehead atoms. The fourth-order valence-corrected chi connectivity index (χ4v) is 5.09. The number of carbonyl (C=O) groups excluding carboxylic acids is 1. The monoisotopic (exact) mass is 483 g/mol. The molecule has 2 aromatic carbocycles. The Labute approximate surface area is 207 Å². The van der Waals surface area contributed by atoms with Crippen molar-refractivity contribution in [3.63, 3.8) is 0 Å². The van der Waals surface area contributed by atoms with Crippen molar-refractivity contribution in [3.05, 3.63) is 59.7 Å². The number of amides is 1. The van der Waals surface area contributed by atoms with E-state index in [1.54, 1.807) is 14.2 Å². The lowest BCUT2D eigenvalue weighted by Crippen LogP contribution is -2.52. The van der Waals surface area contributed by atoms with Gasteiger partial charge in [0.2, 0.25) is 0 Å². The quantitative estimate of drug-likeness (QED) is 0.575. The van der Waals surface area contributed by atoms with Gasteiger partial charge in [-0.25, -0.2) is 4.79 Å². The number of ether oxygens (including phenoxy) is 3. The van der Waals surface area contributed by atoms with Gasteiger partial charge in [-0.3, -0.25) is 4.90 Å². The zero-order valence-corrected chi connectivity index (χ0v) is 20.7. The lowest BCUT2D eigenvalue weighted by Gasteiger charge is -2.39. The molecule has 0 aromatic heterocycles. The second-order valence-electron chi connectivity index (χ2n) is 8.71. The molecule has 8 heteroatoms. The summed E-state index contributed by atoms with van der Waals surface area (Å²) >= 11 is 5.66. The molecule has 34 heavy (non-hydrogen) atoms. The van der Waals surface area contributed by atoms with Crippen LogP contribution in [0, 0.1) is 0 Å². The van der Waals surface area contributed by atoms with Gasteiger partial charge in [-0.2, -0.15) is 0 Å². The largest absolute Gasteiger partial charge is 0.497 e. The average Bonchev–Trinajstić information content (AvgIpc) is 3.24. The number of likely N-dealkylation sites (tertiary alicyclic amines) is 1. The average molecular weight is 484 g/mol. The van der Waals surface area contributed by atoms with Crippen molar-refractivity contribution in [1.82, 2.24) is 15.1 Å².